The Labute approximate surface area is 170 Å². The van der Waals surface area contributed by atoms with Gasteiger partial charge in [-0.3, -0.25) is 20.4 Å². The summed E-state index contributed by atoms with van der Waals surface area (Å²) in [4.78, 5) is 23.6. The molecule has 0 aromatic heterocycles. The van der Waals surface area contributed by atoms with Crippen molar-refractivity contribution < 1.29 is 22.4 Å². The van der Waals surface area contributed by atoms with E-state index in [1.165, 1.54) is 24.3 Å². The molecule has 0 unspecified atom stereocenters. The Morgan fingerprint density at radius 2 is 1.75 bits per heavy atom. The first-order valence-corrected chi connectivity index (χ1v) is 9.85. The zero-order chi connectivity index (χ0) is 20.9. The summed E-state index contributed by atoms with van der Waals surface area (Å²) in [5.41, 5.74) is 4.03. The van der Waals surface area contributed by atoms with E-state index in [1.54, 1.807) is 0 Å². The van der Waals surface area contributed by atoms with Crippen LogP contribution in [0.3, 0.4) is 0 Å². The number of hydrogen-bond donors (Lipinski definition) is 3. The van der Waals surface area contributed by atoms with E-state index < -0.39 is 32.6 Å². The number of carbonyl (C=O) groups is 2. The quantitative estimate of drug-likeness (QED) is 0.469. The van der Waals surface area contributed by atoms with Crippen molar-refractivity contribution in [2.24, 2.45) is 0 Å². The Bertz CT molecular complexity index is 1040. The number of halogens is 3. The van der Waals surface area contributed by atoms with E-state index in [9.17, 15) is 22.4 Å². The van der Waals surface area contributed by atoms with Gasteiger partial charge >= 0.3 is 0 Å². The number of hydrazine groups is 1. The van der Waals surface area contributed by atoms with E-state index in [1.807, 2.05) is 0 Å². The summed E-state index contributed by atoms with van der Waals surface area (Å²) in [6.07, 6.45) is 1.28. The summed E-state index contributed by atoms with van der Waals surface area (Å²) < 4.78 is 40.2. The minimum absolute atomic E-state index is 0.0189. The third-order valence-corrected chi connectivity index (χ3v) is 5.37. The standard InChI is InChI=1S/C17H14Cl2FN3O4S/c1-2-7-21-28(26,27)15-8-10(3-6-14(15)20)16(24)22-23-17(25)12-9-11(18)4-5-13(12)19/h2-6,8-9,21H,1,7H2,(H,22,24)(H,23,25). The summed E-state index contributed by atoms with van der Waals surface area (Å²) in [5.74, 6) is -2.65. The molecule has 0 saturated carbocycles. The third kappa shape index (κ3) is 5.29. The van der Waals surface area contributed by atoms with Crippen LogP contribution in [0.15, 0.2) is 53.9 Å². The molecule has 0 atom stereocenters. The van der Waals surface area contributed by atoms with E-state index in [-0.39, 0.29) is 27.7 Å². The normalized spacial score (nSPS) is 11.0. The molecule has 0 aliphatic carbocycles. The summed E-state index contributed by atoms with van der Waals surface area (Å²) in [6, 6.07) is 6.94. The second-order valence-electron chi connectivity index (χ2n) is 5.32. The van der Waals surface area contributed by atoms with Crippen molar-refractivity contribution in [1.29, 1.82) is 0 Å². The maximum absolute atomic E-state index is 13.9. The lowest BCUT2D eigenvalue weighted by atomic mass is 10.2. The van der Waals surface area contributed by atoms with Gasteiger partial charge in [0.2, 0.25) is 10.0 Å². The van der Waals surface area contributed by atoms with Crippen molar-refractivity contribution in [3.63, 3.8) is 0 Å². The topological polar surface area (TPSA) is 104 Å². The first-order chi connectivity index (χ1) is 13.2. The molecule has 0 bridgehead atoms. The highest BCUT2D eigenvalue weighted by Gasteiger charge is 2.21. The number of amides is 2. The Kier molecular flexibility index (Phi) is 7.14. The molecule has 0 spiro atoms. The smallest absolute Gasteiger partial charge is 0.267 e. The number of nitrogens with one attached hydrogen (secondary N) is 3. The highest BCUT2D eigenvalue weighted by atomic mass is 35.5. The van der Waals surface area contributed by atoms with Gasteiger partial charge in [-0.2, -0.15) is 0 Å². The lowest BCUT2D eigenvalue weighted by Crippen LogP contribution is -2.41. The largest absolute Gasteiger partial charge is 0.271 e. The van der Waals surface area contributed by atoms with Crippen LogP contribution in [-0.2, 0) is 10.0 Å². The number of benzene rings is 2. The first kappa shape index (κ1) is 21.8. The summed E-state index contributed by atoms with van der Waals surface area (Å²) in [7, 11) is -4.19. The Morgan fingerprint density at radius 3 is 2.43 bits per heavy atom. The summed E-state index contributed by atoms with van der Waals surface area (Å²) >= 11 is 11.7. The predicted molar refractivity (Wildman–Crippen MR) is 103 cm³/mol. The van der Waals surface area contributed by atoms with Crippen LogP contribution in [0, 0.1) is 5.82 Å². The average molecular weight is 446 g/mol. The van der Waals surface area contributed by atoms with Crippen LogP contribution in [0.4, 0.5) is 4.39 Å². The molecule has 148 valence electrons. The second kappa shape index (κ2) is 9.16. The Hall–Kier alpha value is -2.46. The van der Waals surface area contributed by atoms with Crippen molar-refractivity contribution in [3.05, 3.63) is 76.0 Å². The van der Waals surface area contributed by atoms with Crippen LogP contribution in [0.25, 0.3) is 0 Å². The third-order valence-electron chi connectivity index (χ3n) is 3.36. The van der Waals surface area contributed by atoms with E-state index in [0.29, 0.717) is 0 Å². The van der Waals surface area contributed by atoms with Crippen molar-refractivity contribution in [2.75, 3.05) is 6.54 Å². The minimum Gasteiger partial charge on any atom is -0.267 e. The zero-order valence-electron chi connectivity index (χ0n) is 14.1. The van der Waals surface area contributed by atoms with Gasteiger partial charge in [0.05, 0.1) is 10.6 Å². The maximum atomic E-state index is 13.9. The lowest BCUT2D eigenvalue weighted by Gasteiger charge is -2.11. The molecule has 0 aliphatic heterocycles. The van der Waals surface area contributed by atoms with Crippen molar-refractivity contribution in [2.45, 2.75) is 4.90 Å². The summed E-state index contributed by atoms with van der Waals surface area (Å²) in [5, 5.41) is 0.376. The molecule has 2 aromatic rings. The molecule has 2 amide bonds. The predicted octanol–water partition coefficient (Wildman–Crippen LogP) is 2.67. The molecule has 0 fully saturated rings. The van der Waals surface area contributed by atoms with Gasteiger partial charge in [0.15, 0.2) is 0 Å². The molecule has 28 heavy (non-hydrogen) atoms. The second-order valence-corrected chi connectivity index (χ2v) is 7.90. The molecule has 0 saturated heterocycles. The fourth-order valence-electron chi connectivity index (χ4n) is 2.02. The van der Waals surface area contributed by atoms with Crippen LogP contribution in [0.1, 0.15) is 20.7 Å². The molecule has 11 heteroatoms. The lowest BCUT2D eigenvalue weighted by molar-refractivity contribution is 0.0846. The molecule has 2 rings (SSSR count). The SMILES string of the molecule is C=CCNS(=O)(=O)c1cc(C(=O)NNC(=O)c2cc(Cl)ccc2Cl)ccc1F. The molecule has 0 radical (unpaired) electrons. The van der Waals surface area contributed by atoms with Gasteiger partial charge < -0.3 is 0 Å². The number of rotatable bonds is 6. The van der Waals surface area contributed by atoms with Gasteiger partial charge in [-0.25, -0.2) is 17.5 Å². The van der Waals surface area contributed by atoms with E-state index >= 15 is 0 Å². The Morgan fingerprint density at radius 1 is 1.07 bits per heavy atom. The fourth-order valence-corrected chi connectivity index (χ4v) is 3.50. The van der Waals surface area contributed by atoms with Crippen LogP contribution >= 0.6 is 23.2 Å². The molecular weight excluding hydrogens is 432 g/mol. The fraction of sp³-hybridized carbons (Fsp3) is 0.0588. The Balaban J connectivity index is 2.16. The zero-order valence-corrected chi connectivity index (χ0v) is 16.5. The monoisotopic (exact) mass is 445 g/mol. The van der Waals surface area contributed by atoms with E-state index in [4.69, 9.17) is 23.2 Å². The van der Waals surface area contributed by atoms with E-state index in [0.717, 1.165) is 18.2 Å². The van der Waals surface area contributed by atoms with Crippen molar-refractivity contribution in [3.8, 4) is 0 Å². The molecule has 3 N–H and O–H groups in total. The van der Waals surface area contributed by atoms with Gasteiger partial charge in [0, 0.05) is 17.1 Å². The maximum Gasteiger partial charge on any atom is 0.271 e. The number of sulfonamides is 1. The number of carbonyl (C=O) groups excluding carboxylic acids is 2. The van der Waals surface area contributed by atoms with Crippen LogP contribution in [0.2, 0.25) is 10.0 Å². The molecule has 2 aromatic carbocycles. The van der Waals surface area contributed by atoms with Crippen LogP contribution in [0.5, 0.6) is 0 Å². The van der Waals surface area contributed by atoms with Gasteiger partial charge in [0.1, 0.15) is 10.7 Å². The van der Waals surface area contributed by atoms with E-state index in [2.05, 4.69) is 22.2 Å². The highest BCUT2D eigenvalue weighted by Crippen LogP contribution is 2.20. The molecular formula is C17H14Cl2FN3O4S. The van der Waals surface area contributed by atoms with Gasteiger partial charge in [-0.1, -0.05) is 29.3 Å². The van der Waals surface area contributed by atoms with Crippen molar-refractivity contribution in [1.82, 2.24) is 15.6 Å². The average Bonchev–Trinajstić information content (AvgIpc) is 2.66. The molecule has 0 aliphatic rings. The van der Waals surface area contributed by atoms with Gasteiger partial charge in [-0.05, 0) is 36.4 Å². The minimum atomic E-state index is -4.19. The number of hydrogen-bond acceptors (Lipinski definition) is 4. The van der Waals surface area contributed by atoms with Crippen molar-refractivity contribution >= 4 is 45.0 Å². The molecule has 0 heterocycles. The highest BCUT2D eigenvalue weighted by molar-refractivity contribution is 7.89. The first-order valence-electron chi connectivity index (χ1n) is 7.61. The summed E-state index contributed by atoms with van der Waals surface area (Å²) in [6.45, 7) is 3.24. The van der Waals surface area contributed by atoms with Gasteiger partial charge in [0.25, 0.3) is 11.8 Å². The molecule has 7 nitrogen and oxygen atoms in total. The van der Waals surface area contributed by atoms with Gasteiger partial charge in [-0.15, -0.1) is 6.58 Å². The van der Waals surface area contributed by atoms with Crippen LogP contribution in [-0.4, -0.2) is 26.8 Å². The van der Waals surface area contributed by atoms with Crippen LogP contribution < -0.4 is 15.6 Å².